The first-order chi connectivity index (χ1) is 19.2. The second-order valence-corrected chi connectivity index (χ2v) is 19.2. The summed E-state index contributed by atoms with van der Waals surface area (Å²) in [5.41, 5.74) is 0. The Morgan fingerprint density at radius 3 is 0.775 bits per heavy atom. The summed E-state index contributed by atoms with van der Waals surface area (Å²) in [7, 11) is -5.31. The van der Waals surface area contributed by atoms with Crippen LogP contribution in [-0.2, 0) is 10.0 Å². The largest absolute Gasteiger partial charge is 0.265 e. The smallest absolute Gasteiger partial charge is 0.208 e. The van der Waals surface area contributed by atoms with Crippen molar-refractivity contribution in [1.82, 2.24) is 4.75 Å². The summed E-state index contributed by atoms with van der Waals surface area (Å²) in [6.45, 7) is 9.39. The van der Waals surface area contributed by atoms with E-state index >= 15 is 0 Å². The van der Waals surface area contributed by atoms with Crippen LogP contribution in [0.2, 0.25) is 0 Å². The van der Waals surface area contributed by atoms with Crippen molar-refractivity contribution in [1.29, 1.82) is 0 Å². The summed E-state index contributed by atoms with van der Waals surface area (Å²) in [5.74, 6) is 0. The fourth-order valence-corrected chi connectivity index (χ4v) is 11.4. The average Bonchev–Trinajstić information content (AvgIpc) is 2.92. The van der Waals surface area contributed by atoms with Crippen molar-refractivity contribution in [2.24, 2.45) is 0 Å². The Bertz CT molecular complexity index is 536. The number of rotatable bonds is 29. The molecule has 0 amide bonds. The molecule has 7 heteroatoms. The van der Waals surface area contributed by atoms with E-state index in [0.29, 0.717) is 6.26 Å². The third-order valence-corrected chi connectivity index (χ3v) is 14.7. The molecule has 0 fully saturated rings. The van der Waals surface area contributed by atoms with Gasteiger partial charge in [0, 0.05) is 0 Å². The van der Waals surface area contributed by atoms with Gasteiger partial charge in [-0.1, -0.05) is 8.96 Å². The molecule has 3 nitrogen and oxygen atoms in total. The van der Waals surface area contributed by atoms with Crippen molar-refractivity contribution in [3.63, 3.8) is 0 Å². The Morgan fingerprint density at radius 2 is 0.600 bits per heavy atom. The van der Waals surface area contributed by atoms with Crippen LogP contribution in [0.4, 0.5) is 8.96 Å². The van der Waals surface area contributed by atoms with Gasteiger partial charge in [0.25, 0.3) is 10.0 Å². The molecule has 0 bridgehead atoms. The monoisotopic (exact) mass is 615 g/mol. The van der Waals surface area contributed by atoms with Crippen molar-refractivity contribution in [3.05, 3.63) is 0 Å². The summed E-state index contributed by atoms with van der Waals surface area (Å²) in [5, 5.41) is 0. The van der Waals surface area contributed by atoms with Gasteiger partial charge in [-0.15, -0.1) is 0 Å². The fourth-order valence-electron chi connectivity index (χ4n) is 5.87. The minimum Gasteiger partial charge on any atom is -0.208 e. The number of halogens is 2. The zero-order valence-corrected chi connectivity index (χ0v) is 29.5. The van der Waals surface area contributed by atoms with Crippen LogP contribution in [0.25, 0.3) is 0 Å². The normalized spacial score (nSPS) is 12.5. The minimum atomic E-state index is -4.24. The summed E-state index contributed by atoms with van der Waals surface area (Å²) in [6.07, 6.45) is 42.8. The van der Waals surface area contributed by atoms with Crippen molar-refractivity contribution in [3.8, 4) is 0 Å². The van der Waals surface area contributed by atoms with E-state index in [4.69, 9.17) is 0 Å². The maximum atomic E-state index is 10.8. The maximum Gasteiger partial charge on any atom is 0.265 e. The van der Waals surface area contributed by atoms with E-state index in [2.05, 4.69) is 27.7 Å². The Kier molecular flexibility index (Phi) is 32.4. The third-order valence-electron chi connectivity index (χ3n) is 8.49. The SMILES string of the molecule is CCCCCCCC[PH](CCCCCCCC)(CCCCCCCC)CCCCCCCC.CS(=O)(=O)N(F)F. The number of hydrogen-bond donors (Lipinski definition) is 0. The number of nitrogens with zero attached hydrogens (tertiary/aromatic N) is 1. The van der Waals surface area contributed by atoms with Crippen LogP contribution in [0.15, 0.2) is 0 Å². The van der Waals surface area contributed by atoms with Gasteiger partial charge < -0.3 is 0 Å². The molecule has 0 aromatic heterocycles. The summed E-state index contributed by atoms with van der Waals surface area (Å²) >= 11 is 0. The predicted octanol–water partition coefficient (Wildman–Crippen LogP) is 12.2. The van der Waals surface area contributed by atoms with Gasteiger partial charge in [0.1, 0.15) is 4.75 Å². The molecule has 0 aliphatic carbocycles. The standard InChI is InChI=1S/C32H69P.CH3F2NO2S/c1-5-9-13-17-21-25-29-33(30-26-22-18-14-10-6-2,31-27-23-19-15-11-7-3)32-28-24-20-16-12-8-4;1-7(5,6)4(2)3/h33H,5-32H2,1-4H3;1H3. The Morgan fingerprint density at radius 1 is 0.425 bits per heavy atom. The molecule has 0 aromatic carbocycles. The molecule has 0 heterocycles. The van der Waals surface area contributed by atoms with Gasteiger partial charge in [0.05, 0.1) is 6.26 Å². The van der Waals surface area contributed by atoms with Gasteiger partial charge in [-0.25, -0.2) is 8.42 Å². The zero-order chi connectivity index (χ0) is 30.4. The maximum absolute atomic E-state index is 10.8. The molecule has 0 unspecified atom stereocenters. The molecule has 0 atom stereocenters. The molecule has 0 N–H and O–H groups in total. The average molecular weight is 616 g/mol. The van der Waals surface area contributed by atoms with E-state index in [9.17, 15) is 17.4 Å². The van der Waals surface area contributed by atoms with Gasteiger partial charge in [-0.2, -0.15) is 0 Å². The summed E-state index contributed by atoms with van der Waals surface area (Å²) in [4.78, 5) is 0. The molecule has 0 aliphatic rings. The Balaban J connectivity index is 0. The van der Waals surface area contributed by atoms with E-state index in [1.165, 1.54) is 128 Å². The van der Waals surface area contributed by atoms with Crippen LogP contribution < -0.4 is 0 Å². The van der Waals surface area contributed by atoms with Gasteiger partial charge in [-0.05, 0) is 0 Å². The van der Waals surface area contributed by atoms with Crippen LogP contribution in [0.3, 0.4) is 0 Å². The van der Waals surface area contributed by atoms with Crippen molar-refractivity contribution in [2.45, 2.75) is 182 Å². The molecule has 246 valence electrons. The first-order valence-electron chi connectivity index (χ1n) is 17.5. The number of sulfonamides is 1. The molecule has 0 spiro atoms. The summed E-state index contributed by atoms with van der Waals surface area (Å²) < 4.78 is 38.7. The second kappa shape index (κ2) is 30.7. The number of hydrogen-bond acceptors (Lipinski definition) is 2. The van der Waals surface area contributed by atoms with Gasteiger partial charge >= 0.3 is 214 Å². The molecular weight excluding hydrogens is 543 g/mol. The molecule has 0 saturated heterocycles. The first kappa shape index (κ1) is 42.3. The molecule has 0 aromatic rings. The topological polar surface area (TPSA) is 37.4 Å². The van der Waals surface area contributed by atoms with Crippen molar-refractivity contribution in [2.75, 3.05) is 30.9 Å². The molecule has 0 saturated carbocycles. The summed E-state index contributed by atoms with van der Waals surface area (Å²) in [6, 6.07) is 0. The van der Waals surface area contributed by atoms with Gasteiger partial charge in [0.2, 0.25) is 0 Å². The van der Waals surface area contributed by atoms with E-state index in [0.717, 1.165) is 0 Å². The second-order valence-electron chi connectivity index (χ2n) is 12.5. The molecule has 0 radical (unpaired) electrons. The fraction of sp³-hybridized carbons (Fsp3) is 1.00. The number of unbranched alkanes of at least 4 members (excludes halogenated alkanes) is 20. The quantitative estimate of drug-likeness (QED) is 0.0477. The van der Waals surface area contributed by atoms with Gasteiger partial charge in [-0.3, -0.25) is 0 Å². The van der Waals surface area contributed by atoms with E-state index in [1.807, 2.05) is 0 Å². The third kappa shape index (κ3) is 29.7. The van der Waals surface area contributed by atoms with Crippen LogP contribution >= 0.6 is 7.26 Å². The van der Waals surface area contributed by atoms with Crippen molar-refractivity contribution >= 4 is 17.3 Å². The van der Waals surface area contributed by atoms with Crippen LogP contribution in [-0.4, -0.2) is 44.1 Å². The van der Waals surface area contributed by atoms with Crippen LogP contribution in [0.5, 0.6) is 0 Å². The van der Waals surface area contributed by atoms with Gasteiger partial charge in [0.15, 0.2) is 0 Å². The molecule has 0 rings (SSSR count). The van der Waals surface area contributed by atoms with E-state index in [-0.39, 0.29) is 0 Å². The van der Waals surface area contributed by atoms with Crippen molar-refractivity contribution < 1.29 is 17.4 Å². The molecular formula is C33H72F2NO2PS. The molecule has 0 aliphatic heterocycles. The predicted molar refractivity (Wildman–Crippen MR) is 180 cm³/mol. The zero-order valence-electron chi connectivity index (χ0n) is 27.7. The van der Waals surface area contributed by atoms with E-state index in [1.54, 1.807) is 50.3 Å². The molecule has 40 heavy (non-hydrogen) atoms. The Labute approximate surface area is 251 Å². The minimum absolute atomic E-state index is 0.410. The van der Waals surface area contributed by atoms with E-state index < -0.39 is 22.0 Å². The first-order valence-corrected chi connectivity index (χ1v) is 22.2. The Hall–Kier alpha value is 0.200. The van der Waals surface area contributed by atoms with Crippen LogP contribution in [0, 0.1) is 0 Å². The van der Waals surface area contributed by atoms with Crippen LogP contribution in [0.1, 0.15) is 182 Å².